The molecule has 6 rings (SSSR count). The van der Waals surface area contributed by atoms with Crippen molar-refractivity contribution in [1.29, 1.82) is 0 Å². The molecule has 7 heteroatoms. The van der Waals surface area contributed by atoms with Crippen LogP contribution in [0.4, 0.5) is 4.39 Å². The SMILES string of the molecule is O=C1[C@@H]2[C@@H](C(=O)N1C1CCCCC1)C1(O[C@H]2c2cccc(F)c2)C(=O)c2ccccc2C1=O. The van der Waals surface area contributed by atoms with Crippen molar-refractivity contribution in [2.45, 2.75) is 49.9 Å². The maximum atomic E-state index is 14.1. The molecule has 168 valence electrons. The molecule has 2 amide bonds. The van der Waals surface area contributed by atoms with Crippen LogP contribution in [0.2, 0.25) is 0 Å². The molecule has 2 heterocycles. The van der Waals surface area contributed by atoms with Crippen LogP contribution in [0.3, 0.4) is 0 Å². The number of ether oxygens (including phenoxy) is 1. The van der Waals surface area contributed by atoms with Gasteiger partial charge in [-0.3, -0.25) is 24.1 Å². The van der Waals surface area contributed by atoms with E-state index in [1.54, 1.807) is 30.3 Å². The van der Waals surface area contributed by atoms with E-state index in [2.05, 4.69) is 0 Å². The normalized spacial score (nSPS) is 28.6. The maximum Gasteiger partial charge on any atom is 0.237 e. The van der Waals surface area contributed by atoms with Gasteiger partial charge >= 0.3 is 0 Å². The van der Waals surface area contributed by atoms with Crippen LogP contribution in [-0.4, -0.2) is 39.9 Å². The highest BCUT2D eigenvalue weighted by atomic mass is 19.1. The van der Waals surface area contributed by atoms with E-state index >= 15 is 0 Å². The number of ketones is 2. The summed E-state index contributed by atoms with van der Waals surface area (Å²) in [6.07, 6.45) is 3.21. The number of nitrogens with zero attached hydrogens (tertiary/aromatic N) is 1. The van der Waals surface area contributed by atoms with Crippen molar-refractivity contribution in [1.82, 2.24) is 4.90 Å². The molecule has 4 aliphatic rings. The Morgan fingerprint density at radius 1 is 0.848 bits per heavy atom. The first-order valence-corrected chi connectivity index (χ1v) is 11.4. The highest BCUT2D eigenvalue weighted by Gasteiger charge is 2.75. The Labute approximate surface area is 189 Å². The molecule has 1 saturated carbocycles. The first-order valence-electron chi connectivity index (χ1n) is 11.4. The van der Waals surface area contributed by atoms with Gasteiger partial charge in [0, 0.05) is 17.2 Å². The molecule has 0 bridgehead atoms. The molecule has 0 radical (unpaired) electrons. The van der Waals surface area contributed by atoms with E-state index in [0.29, 0.717) is 18.4 Å². The molecule has 2 saturated heterocycles. The predicted octanol–water partition coefficient (Wildman–Crippen LogP) is 3.65. The summed E-state index contributed by atoms with van der Waals surface area (Å²) in [5.74, 6) is -4.98. The van der Waals surface area contributed by atoms with Crippen molar-refractivity contribution < 1.29 is 28.3 Å². The topological polar surface area (TPSA) is 80.8 Å². The van der Waals surface area contributed by atoms with Gasteiger partial charge in [-0.05, 0) is 30.5 Å². The highest BCUT2D eigenvalue weighted by Crippen LogP contribution is 2.57. The summed E-state index contributed by atoms with van der Waals surface area (Å²) < 4.78 is 20.3. The molecule has 2 aromatic carbocycles. The summed E-state index contributed by atoms with van der Waals surface area (Å²) in [4.78, 5) is 56.1. The van der Waals surface area contributed by atoms with Crippen LogP contribution in [-0.2, 0) is 14.3 Å². The van der Waals surface area contributed by atoms with E-state index in [0.717, 1.165) is 19.3 Å². The van der Waals surface area contributed by atoms with E-state index < -0.39 is 52.7 Å². The molecule has 0 unspecified atom stereocenters. The van der Waals surface area contributed by atoms with Gasteiger partial charge in [0.1, 0.15) is 5.82 Å². The van der Waals surface area contributed by atoms with E-state index in [1.165, 1.54) is 23.1 Å². The van der Waals surface area contributed by atoms with Crippen LogP contribution in [0.1, 0.15) is 64.5 Å². The lowest BCUT2D eigenvalue weighted by atomic mass is 9.77. The molecule has 1 spiro atoms. The quantitative estimate of drug-likeness (QED) is 0.519. The number of imide groups is 1. The number of hydrogen-bond acceptors (Lipinski definition) is 5. The highest BCUT2D eigenvalue weighted by molar-refractivity contribution is 6.35. The number of hydrogen-bond donors (Lipinski definition) is 0. The van der Waals surface area contributed by atoms with Gasteiger partial charge in [0.2, 0.25) is 29.0 Å². The number of fused-ring (bicyclic) bond motifs is 3. The number of carbonyl (C=O) groups excluding carboxylic acids is 4. The lowest BCUT2D eigenvalue weighted by Gasteiger charge is -2.33. The minimum atomic E-state index is -2.10. The van der Waals surface area contributed by atoms with Crippen molar-refractivity contribution in [3.8, 4) is 0 Å². The molecule has 3 atom stereocenters. The van der Waals surface area contributed by atoms with E-state index in [-0.39, 0.29) is 17.2 Å². The molecule has 2 aromatic rings. The van der Waals surface area contributed by atoms with Gasteiger partial charge in [-0.25, -0.2) is 4.39 Å². The monoisotopic (exact) mass is 447 g/mol. The summed E-state index contributed by atoms with van der Waals surface area (Å²) >= 11 is 0. The fourth-order valence-electron chi connectivity index (χ4n) is 6.22. The minimum Gasteiger partial charge on any atom is -0.349 e. The first-order chi connectivity index (χ1) is 15.9. The van der Waals surface area contributed by atoms with Crippen molar-refractivity contribution >= 4 is 23.4 Å². The van der Waals surface area contributed by atoms with Gasteiger partial charge in [-0.1, -0.05) is 55.7 Å². The van der Waals surface area contributed by atoms with Crippen molar-refractivity contribution in [2.75, 3.05) is 0 Å². The number of benzene rings is 2. The van der Waals surface area contributed by atoms with E-state index in [9.17, 15) is 23.6 Å². The Balaban J connectivity index is 1.51. The molecular formula is C26H22FNO5. The number of likely N-dealkylation sites (tertiary alicyclic amines) is 1. The second kappa shape index (κ2) is 7.15. The third-order valence-electron chi connectivity index (χ3n) is 7.67. The number of carbonyl (C=O) groups is 4. The van der Waals surface area contributed by atoms with Crippen molar-refractivity contribution in [2.24, 2.45) is 11.8 Å². The Morgan fingerprint density at radius 2 is 1.52 bits per heavy atom. The predicted molar refractivity (Wildman–Crippen MR) is 114 cm³/mol. The Kier molecular flexibility index (Phi) is 4.43. The molecule has 3 fully saturated rings. The summed E-state index contributed by atoms with van der Waals surface area (Å²) in [5, 5.41) is 0. The molecule has 6 nitrogen and oxygen atoms in total. The zero-order chi connectivity index (χ0) is 22.9. The third kappa shape index (κ3) is 2.63. The zero-order valence-corrected chi connectivity index (χ0v) is 17.8. The largest absolute Gasteiger partial charge is 0.349 e. The lowest BCUT2D eigenvalue weighted by Crippen LogP contribution is -2.52. The molecule has 0 N–H and O–H groups in total. The Hall–Kier alpha value is -3.19. The molecule has 2 aliphatic carbocycles. The Bertz CT molecular complexity index is 1180. The van der Waals surface area contributed by atoms with Crippen LogP contribution in [0.15, 0.2) is 48.5 Å². The van der Waals surface area contributed by atoms with Crippen LogP contribution >= 0.6 is 0 Å². The number of Topliss-reactive ketones (excluding diaryl/α,β-unsaturated/α-hetero) is 2. The van der Waals surface area contributed by atoms with Gasteiger partial charge in [0.05, 0.1) is 17.9 Å². The van der Waals surface area contributed by atoms with Gasteiger partial charge in [-0.2, -0.15) is 0 Å². The summed E-state index contributed by atoms with van der Waals surface area (Å²) in [7, 11) is 0. The van der Waals surface area contributed by atoms with E-state index in [1.807, 2.05) is 0 Å². The second-order valence-corrected chi connectivity index (χ2v) is 9.37. The van der Waals surface area contributed by atoms with Crippen molar-refractivity contribution in [3.05, 3.63) is 71.0 Å². The lowest BCUT2D eigenvalue weighted by molar-refractivity contribution is -0.148. The molecule has 2 aliphatic heterocycles. The summed E-state index contributed by atoms with van der Waals surface area (Å²) in [6, 6.07) is 11.7. The molecule has 33 heavy (non-hydrogen) atoms. The van der Waals surface area contributed by atoms with Crippen LogP contribution in [0.25, 0.3) is 0 Å². The fourth-order valence-corrected chi connectivity index (χ4v) is 6.22. The van der Waals surface area contributed by atoms with Gasteiger partial charge in [-0.15, -0.1) is 0 Å². The smallest absolute Gasteiger partial charge is 0.237 e. The van der Waals surface area contributed by atoms with Crippen LogP contribution in [0, 0.1) is 17.7 Å². The molecule has 0 aromatic heterocycles. The van der Waals surface area contributed by atoms with Crippen LogP contribution in [0.5, 0.6) is 0 Å². The Morgan fingerprint density at radius 3 is 2.15 bits per heavy atom. The number of amides is 2. The summed E-state index contributed by atoms with van der Waals surface area (Å²) in [5.41, 5.74) is -1.37. The second-order valence-electron chi connectivity index (χ2n) is 9.37. The molecular weight excluding hydrogens is 425 g/mol. The number of halogens is 1. The van der Waals surface area contributed by atoms with Gasteiger partial charge in [0.15, 0.2) is 0 Å². The van der Waals surface area contributed by atoms with Gasteiger partial charge < -0.3 is 4.74 Å². The standard InChI is InChI=1S/C26H22FNO5/c27-15-8-6-7-14(13-15)21-19-20(25(32)28(24(19)31)16-9-2-1-3-10-16)26(33-21)22(29)17-11-4-5-12-18(17)23(26)30/h4-8,11-13,16,19-21H,1-3,9-10H2/t19-,20+,21+/m1/s1. The first kappa shape index (κ1) is 20.4. The summed E-state index contributed by atoms with van der Waals surface area (Å²) in [6.45, 7) is 0. The van der Waals surface area contributed by atoms with E-state index in [4.69, 9.17) is 4.74 Å². The average Bonchev–Trinajstić information content (AvgIpc) is 3.40. The zero-order valence-electron chi connectivity index (χ0n) is 17.8. The van der Waals surface area contributed by atoms with Crippen LogP contribution < -0.4 is 0 Å². The average molecular weight is 447 g/mol. The number of rotatable bonds is 2. The van der Waals surface area contributed by atoms with Crippen molar-refractivity contribution in [3.63, 3.8) is 0 Å². The minimum absolute atomic E-state index is 0.192. The third-order valence-corrected chi connectivity index (χ3v) is 7.67. The van der Waals surface area contributed by atoms with Gasteiger partial charge in [0.25, 0.3) is 0 Å². The maximum absolute atomic E-state index is 14.1. The fraction of sp³-hybridized carbons (Fsp3) is 0.385.